The average Bonchev–Trinajstić information content (AvgIpc) is 2.94. The number of hydrogen-bond donors (Lipinski definition) is 2. The summed E-state index contributed by atoms with van der Waals surface area (Å²) in [5.41, 5.74) is 2.83. The number of nitrogens with one attached hydrogen (secondary N) is 2. The minimum Gasteiger partial charge on any atom is -0.369 e. The van der Waals surface area contributed by atoms with Crippen molar-refractivity contribution in [1.82, 2.24) is 30.2 Å². The highest BCUT2D eigenvalue weighted by molar-refractivity contribution is 7.98. The first-order valence-electron chi connectivity index (χ1n) is 13.2. The fourth-order valence-electron chi connectivity index (χ4n) is 5.12. The van der Waals surface area contributed by atoms with E-state index in [2.05, 4.69) is 48.7 Å². The molecule has 1 amide bonds. The van der Waals surface area contributed by atoms with Crippen LogP contribution < -0.4 is 10.6 Å². The van der Waals surface area contributed by atoms with Gasteiger partial charge in [-0.1, -0.05) is 31.5 Å². The molecule has 4 aromatic rings. The van der Waals surface area contributed by atoms with Crippen LogP contribution >= 0.6 is 11.8 Å². The molecule has 1 fully saturated rings. The molecule has 3 aromatic heterocycles. The van der Waals surface area contributed by atoms with Gasteiger partial charge in [-0.25, -0.2) is 24.3 Å². The monoisotopic (exact) mass is 545 g/mol. The van der Waals surface area contributed by atoms with Crippen molar-refractivity contribution < 1.29 is 9.18 Å². The number of pyridine rings is 1. The predicted octanol–water partition coefficient (Wildman–Crippen LogP) is 5.37. The Kier molecular flexibility index (Phi) is 8.02. The third-order valence-electron chi connectivity index (χ3n) is 7.69. The van der Waals surface area contributed by atoms with Crippen LogP contribution in [-0.4, -0.2) is 56.4 Å². The van der Waals surface area contributed by atoms with E-state index < -0.39 is 11.7 Å². The third kappa shape index (κ3) is 5.30. The van der Waals surface area contributed by atoms with E-state index in [1.165, 1.54) is 19.8 Å². The van der Waals surface area contributed by atoms with Gasteiger partial charge in [0.15, 0.2) is 5.82 Å². The molecule has 10 heteroatoms. The fourth-order valence-corrected chi connectivity index (χ4v) is 6.13. The van der Waals surface area contributed by atoms with Gasteiger partial charge < -0.3 is 10.6 Å². The van der Waals surface area contributed by atoms with Crippen LogP contribution in [-0.2, 0) is 5.41 Å². The predicted molar refractivity (Wildman–Crippen MR) is 154 cm³/mol. The van der Waals surface area contributed by atoms with E-state index in [1.807, 2.05) is 30.6 Å². The van der Waals surface area contributed by atoms with Crippen molar-refractivity contribution in [3.05, 3.63) is 72.0 Å². The van der Waals surface area contributed by atoms with Gasteiger partial charge >= 0.3 is 0 Å². The molecule has 3 heterocycles. The number of hydrogen-bond acceptors (Lipinski definition) is 8. The molecule has 0 radical (unpaired) electrons. The zero-order valence-corrected chi connectivity index (χ0v) is 23.2. The second-order valence-electron chi connectivity index (χ2n) is 9.93. The normalized spacial score (nSPS) is 15.0. The Labute approximate surface area is 231 Å². The van der Waals surface area contributed by atoms with Gasteiger partial charge in [0.1, 0.15) is 18.0 Å². The molecule has 8 nitrogen and oxygen atoms in total. The summed E-state index contributed by atoms with van der Waals surface area (Å²) in [4.78, 5) is 35.0. The lowest BCUT2D eigenvalue weighted by atomic mass is 9.78. The van der Waals surface area contributed by atoms with Crippen LogP contribution in [0.15, 0.2) is 49.2 Å². The van der Waals surface area contributed by atoms with E-state index in [1.54, 1.807) is 17.8 Å². The number of nitrogens with zero attached hydrogens (tertiary/aromatic N) is 5. The molecule has 0 saturated heterocycles. The van der Waals surface area contributed by atoms with Crippen molar-refractivity contribution in [2.45, 2.75) is 43.9 Å². The molecule has 1 atom stereocenters. The molecule has 202 valence electrons. The van der Waals surface area contributed by atoms with Crippen LogP contribution in [0.4, 0.5) is 10.2 Å². The minimum atomic E-state index is -0.637. The van der Waals surface area contributed by atoms with Gasteiger partial charge in [-0.2, -0.15) is 11.8 Å². The summed E-state index contributed by atoms with van der Waals surface area (Å²) in [6.45, 7) is 2.69. The zero-order chi connectivity index (χ0) is 27.4. The summed E-state index contributed by atoms with van der Waals surface area (Å²) in [7, 11) is 1.50. The molecule has 1 aliphatic carbocycles. The van der Waals surface area contributed by atoms with E-state index in [-0.39, 0.29) is 11.0 Å². The Bertz CT molecular complexity index is 1480. The topological polar surface area (TPSA) is 106 Å². The minimum absolute atomic E-state index is 0.0115. The van der Waals surface area contributed by atoms with Crippen molar-refractivity contribution in [3.8, 4) is 11.3 Å². The quantitative estimate of drug-likeness (QED) is 0.274. The van der Waals surface area contributed by atoms with Crippen LogP contribution in [0.3, 0.4) is 0 Å². The second-order valence-corrected chi connectivity index (χ2v) is 10.8. The van der Waals surface area contributed by atoms with Crippen LogP contribution in [0.5, 0.6) is 0 Å². The summed E-state index contributed by atoms with van der Waals surface area (Å²) in [6, 6.07) is 7.55. The summed E-state index contributed by atoms with van der Waals surface area (Å²) in [6.07, 6.45) is 12.8. The maximum Gasteiger partial charge on any atom is 0.254 e. The number of halogens is 1. The lowest BCUT2D eigenvalue weighted by Crippen LogP contribution is -2.37. The highest BCUT2D eigenvalue weighted by Gasteiger charge is 2.33. The molecule has 1 unspecified atom stereocenters. The number of thioether (sulfide) groups is 1. The van der Waals surface area contributed by atoms with Gasteiger partial charge in [0.2, 0.25) is 0 Å². The number of benzene rings is 1. The highest BCUT2D eigenvalue weighted by atomic mass is 32.2. The van der Waals surface area contributed by atoms with Crippen LogP contribution in [0.2, 0.25) is 0 Å². The van der Waals surface area contributed by atoms with Crippen LogP contribution in [0.1, 0.15) is 60.3 Å². The molecule has 1 aromatic carbocycles. The van der Waals surface area contributed by atoms with E-state index in [0.717, 1.165) is 53.9 Å². The Morgan fingerprint density at radius 1 is 1.13 bits per heavy atom. The van der Waals surface area contributed by atoms with Gasteiger partial charge in [0.05, 0.1) is 23.0 Å². The maximum atomic E-state index is 14.7. The first-order chi connectivity index (χ1) is 19.0. The highest BCUT2D eigenvalue weighted by Crippen LogP contribution is 2.37. The molecule has 0 bridgehead atoms. The van der Waals surface area contributed by atoms with E-state index in [9.17, 15) is 9.18 Å². The molecule has 0 spiro atoms. The SMILES string of the molecule is CCC(CNc1cc(-c2cnc(C3CCC3)nc2)ncn1)(CSC)c1cccc2c(C(=O)NC)c(F)cnc12. The van der Waals surface area contributed by atoms with E-state index in [0.29, 0.717) is 29.2 Å². The zero-order valence-electron chi connectivity index (χ0n) is 22.4. The lowest BCUT2D eigenvalue weighted by Gasteiger charge is -2.34. The van der Waals surface area contributed by atoms with Gasteiger partial charge in [-0.05, 0) is 31.1 Å². The van der Waals surface area contributed by atoms with Crippen molar-refractivity contribution in [2.24, 2.45) is 0 Å². The molecule has 1 saturated carbocycles. The standard InChI is InChI=1S/C29H32FN7OS/c1-4-29(16-39-3,21-10-6-9-20-25(28(38)31-2)22(30)14-32-26(20)21)15-35-24-11-23(36-17-37-24)19-12-33-27(34-13-19)18-7-5-8-18/h6,9-14,17-18H,4-5,7-8,15-16H2,1-3H3,(H,31,38)(H,35,36,37). The molecule has 1 aliphatic rings. The van der Waals surface area contributed by atoms with E-state index in [4.69, 9.17) is 0 Å². The largest absolute Gasteiger partial charge is 0.369 e. The lowest BCUT2D eigenvalue weighted by molar-refractivity contribution is 0.0960. The Balaban J connectivity index is 1.45. The van der Waals surface area contributed by atoms with Gasteiger partial charge in [-0.15, -0.1) is 0 Å². The summed E-state index contributed by atoms with van der Waals surface area (Å²) < 4.78 is 14.7. The molecule has 5 rings (SSSR count). The number of anilines is 1. The second kappa shape index (κ2) is 11.6. The third-order valence-corrected chi connectivity index (χ3v) is 8.53. The summed E-state index contributed by atoms with van der Waals surface area (Å²) in [5.74, 6) is 1.76. The number of amides is 1. The van der Waals surface area contributed by atoms with Gasteiger partial charge in [0.25, 0.3) is 5.91 Å². The van der Waals surface area contributed by atoms with Crippen LogP contribution in [0.25, 0.3) is 22.2 Å². The molecular weight excluding hydrogens is 513 g/mol. The number of carbonyl (C=O) groups is 1. The van der Waals surface area contributed by atoms with E-state index >= 15 is 0 Å². The maximum absolute atomic E-state index is 14.7. The van der Waals surface area contributed by atoms with Crippen molar-refractivity contribution in [1.29, 1.82) is 0 Å². The molecular formula is C29H32FN7OS. The number of rotatable bonds is 10. The van der Waals surface area contributed by atoms with Crippen molar-refractivity contribution >= 4 is 34.4 Å². The first-order valence-corrected chi connectivity index (χ1v) is 14.6. The summed E-state index contributed by atoms with van der Waals surface area (Å²) >= 11 is 1.73. The molecule has 2 N–H and O–H groups in total. The van der Waals surface area contributed by atoms with Gasteiger partial charge in [0, 0.05) is 60.1 Å². The fraction of sp³-hybridized carbons (Fsp3) is 0.379. The molecule has 39 heavy (non-hydrogen) atoms. The Morgan fingerprint density at radius 3 is 2.59 bits per heavy atom. The van der Waals surface area contributed by atoms with Crippen molar-refractivity contribution in [3.63, 3.8) is 0 Å². The smallest absolute Gasteiger partial charge is 0.254 e. The molecule has 0 aliphatic heterocycles. The first kappa shape index (κ1) is 26.9. The average molecular weight is 546 g/mol. The number of aromatic nitrogens is 5. The number of para-hydroxylation sites is 1. The number of fused-ring (bicyclic) bond motifs is 1. The van der Waals surface area contributed by atoms with Crippen LogP contribution in [0, 0.1) is 5.82 Å². The number of carbonyl (C=O) groups excluding carboxylic acids is 1. The summed E-state index contributed by atoms with van der Waals surface area (Å²) in [5, 5.41) is 6.56. The van der Waals surface area contributed by atoms with Gasteiger partial charge in [-0.3, -0.25) is 9.78 Å². The Hall–Kier alpha value is -3.66. The Morgan fingerprint density at radius 2 is 1.92 bits per heavy atom. The van der Waals surface area contributed by atoms with Crippen molar-refractivity contribution in [2.75, 3.05) is 30.9 Å².